The maximum Gasteiger partial charge on any atom is 0.311 e. The van der Waals surface area contributed by atoms with Crippen LogP contribution in [0.5, 0.6) is 0 Å². The van der Waals surface area contributed by atoms with Crippen molar-refractivity contribution < 1.29 is 13.7 Å². The number of nitro groups is 1. The topological polar surface area (TPSA) is 80.1 Å². The van der Waals surface area contributed by atoms with Gasteiger partial charge in [0.15, 0.2) is 11.6 Å². The number of aromatic nitrogens is 1. The Hall–Kier alpha value is -2.77. The van der Waals surface area contributed by atoms with E-state index in [9.17, 15) is 18.9 Å². The molecule has 0 spiro atoms. The molecule has 0 saturated carbocycles. The van der Waals surface area contributed by atoms with Gasteiger partial charge in [-0.3, -0.25) is 10.1 Å². The molecular weight excluding hydrogens is 270 g/mol. The lowest BCUT2D eigenvalue weighted by Crippen LogP contribution is -2.04. The summed E-state index contributed by atoms with van der Waals surface area (Å²) in [6.45, 7) is 0. The van der Waals surface area contributed by atoms with Crippen molar-refractivity contribution >= 4 is 23.0 Å². The van der Waals surface area contributed by atoms with Gasteiger partial charge in [0.05, 0.1) is 10.6 Å². The highest BCUT2D eigenvalue weighted by atomic mass is 19.2. The van der Waals surface area contributed by atoms with Gasteiger partial charge in [-0.15, -0.1) is 0 Å². The Balaban J connectivity index is 2.46. The van der Waals surface area contributed by atoms with Crippen LogP contribution in [0.1, 0.15) is 0 Å². The van der Waals surface area contributed by atoms with Crippen LogP contribution in [0.25, 0.3) is 0 Å². The molecular formula is C12H10F2N4O2. The Kier molecular flexibility index (Phi) is 3.74. The van der Waals surface area contributed by atoms with Gasteiger partial charge in [0.25, 0.3) is 0 Å². The van der Waals surface area contributed by atoms with Crippen LogP contribution in [-0.4, -0.2) is 17.0 Å². The number of rotatable bonds is 4. The van der Waals surface area contributed by atoms with Crippen LogP contribution in [0, 0.1) is 21.7 Å². The highest BCUT2D eigenvalue weighted by Crippen LogP contribution is 2.28. The molecule has 0 radical (unpaired) electrons. The van der Waals surface area contributed by atoms with Crippen LogP contribution in [0.15, 0.2) is 30.3 Å². The second-order valence-corrected chi connectivity index (χ2v) is 3.80. The van der Waals surface area contributed by atoms with Crippen molar-refractivity contribution in [1.29, 1.82) is 0 Å². The molecule has 0 saturated heterocycles. The van der Waals surface area contributed by atoms with E-state index in [0.29, 0.717) is 5.82 Å². The lowest BCUT2D eigenvalue weighted by atomic mass is 10.3. The van der Waals surface area contributed by atoms with Gasteiger partial charge in [0, 0.05) is 13.1 Å². The van der Waals surface area contributed by atoms with Gasteiger partial charge in [-0.1, -0.05) is 6.07 Å². The SMILES string of the molecule is CNc1ccc([N+](=O)[O-])c(Nc2cccc(F)c2F)n1. The van der Waals surface area contributed by atoms with Crippen molar-refractivity contribution in [1.82, 2.24) is 4.98 Å². The molecule has 2 aromatic rings. The molecule has 2 rings (SSSR count). The third-order valence-electron chi connectivity index (χ3n) is 2.53. The molecule has 0 unspecified atom stereocenters. The number of halogens is 2. The first-order chi connectivity index (χ1) is 9.52. The smallest absolute Gasteiger partial charge is 0.311 e. The largest absolute Gasteiger partial charge is 0.373 e. The summed E-state index contributed by atoms with van der Waals surface area (Å²) in [5.41, 5.74) is -0.568. The number of hydrogen-bond acceptors (Lipinski definition) is 5. The average Bonchev–Trinajstić information content (AvgIpc) is 2.43. The molecule has 1 heterocycles. The summed E-state index contributed by atoms with van der Waals surface area (Å²) in [5, 5.41) is 16.0. The number of hydrogen-bond donors (Lipinski definition) is 2. The average molecular weight is 280 g/mol. The summed E-state index contributed by atoms with van der Waals surface area (Å²) < 4.78 is 26.7. The van der Waals surface area contributed by atoms with Crippen LogP contribution in [0.3, 0.4) is 0 Å². The van der Waals surface area contributed by atoms with E-state index in [0.717, 1.165) is 6.07 Å². The third-order valence-corrected chi connectivity index (χ3v) is 2.53. The summed E-state index contributed by atoms with van der Waals surface area (Å²) in [4.78, 5) is 14.2. The van der Waals surface area contributed by atoms with E-state index in [-0.39, 0.29) is 17.2 Å². The summed E-state index contributed by atoms with van der Waals surface area (Å²) in [6.07, 6.45) is 0. The summed E-state index contributed by atoms with van der Waals surface area (Å²) in [6, 6.07) is 6.13. The van der Waals surface area contributed by atoms with Crippen molar-refractivity contribution in [3.8, 4) is 0 Å². The molecule has 0 fully saturated rings. The van der Waals surface area contributed by atoms with Crippen molar-refractivity contribution in [2.75, 3.05) is 17.7 Å². The van der Waals surface area contributed by atoms with E-state index < -0.39 is 16.6 Å². The number of benzene rings is 1. The van der Waals surface area contributed by atoms with E-state index in [2.05, 4.69) is 15.6 Å². The van der Waals surface area contributed by atoms with Crippen molar-refractivity contribution in [2.24, 2.45) is 0 Å². The number of anilines is 3. The fraction of sp³-hybridized carbons (Fsp3) is 0.0833. The standard InChI is InChI=1S/C12H10F2N4O2/c1-15-10-6-5-9(18(19)20)12(17-10)16-8-4-2-3-7(13)11(8)14/h2-6H,1H3,(H2,15,16,17). The third kappa shape index (κ3) is 2.63. The number of nitrogens with one attached hydrogen (secondary N) is 2. The zero-order valence-corrected chi connectivity index (χ0v) is 10.4. The van der Waals surface area contributed by atoms with Crippen LogP contribution < -0.4 is 10.6 Å². The first-order valence-corrected chi connectivity index (χ1v) is 5.57. The molecule has 6 nitrogen and oxygen atoms in total. The van der Waals surface area contributed by atoms with Gasteiger partial charge in [-0.05, 0) is 18.2 Å². The van der Waals surface area contributed by atoms with E-state index in [1.807, 2.05) is 0 Å². The lowest BCUT2D eigenvalue weighted by Gasteiger charge is -2.09. The molecule has 8 heteroatoms. The Labute approximate surface area is 112 Å². The number of pyridine rings is 1. The highest BCUT2D eigenvalue weighted by Gasteiger charge is 2.18. The van der Waals surface area contributed by atoms with Gasteiger partial charge in [0.1, 0.15) is 5.82 Å². The molecule has 0 bridgehead atoms. The molecule has 0 aliphatic carbocycles. The molecule has 0 aliphatic heterocycles. The van der Waals surface area contributed by atoms with Gasteiger partial charge >= 0.3 is 5.69 Å². The second kappa shape index (κ2) is 5.47. The Morgan fingerprint density at radius 2 is 2.00 bits per heavy atom. The van der Waals surface area contributed by atoms with Gasteiger partial charge in [-0.25, -0.2) is 13.8 Å². The monoisotopic (exact) mass is 280 g/mol. The fourth-order valence-corrected chi connectivity index (χ4v) is 1.56. The Morgan fingerprint density at radius 1 is 1.25 bits per heavy atom. The van der Waals surface area contributed by atoms with Crippen LogP contribution in [-0.2, 0) is 0 Å². The van der Waals surface area contributed by atoms with Crippen LogP contribution in [0.2, 0.25) is 0 Å². The predicted octanol–water partition coefficient (Wildman–Crippen LogP) is 3.05. The van der Waals surface area contributed by atoms with Crippen molar-refractivity contribution in [3.05, 3.63) is 52.1 Å². The van der Waals surface area contributed by atoms with E-state index in [1.165, 1.54) is 24.3 Å². The van der Waals surface area contributed by atoms with Crippen molar-refractivity contribution in [3.63, 3.8) is 0 Å². The van der Waals surface area contributed by atoms with E-state index >= 15 is 0 Å². The van der Waals surface area contributed by atoms with Gasteiger partial charge in [-0.2, -0.15) is 0 Å². The van der Waals surface area contributed by atoms with Gasteiger partial charge in [0.2, 0.25) is 5.82 Å². The lowest BCUT2D eigenvalue weighted by molar-refractivity contribution is -0.384. The highest BCUT2D eigenvalue weighted by molar-refractivity contribution is 5.67. The zero-order valence-electron chi connectivity index (χ0n) is 10.4. The molecule has 0 atom stereocenters. The van der Waals surface area contributed by atoms with E-state index in [4.69, 9.17) is 0 Å². The molecule has 20 heavy (non-hydrogen) atoms. The van der Waals surface area contributed by atoms with Crippen LogP contribution >= 0.6 is 0 Å². The Morgan fingerprint density at radius 3 is 2.65 bits per heavy atom. The summed E-state index contributed by atoms with van der Waals surface area (Å²) in [5.74, 6) is -2.00. The normalized spacial score (nSPS) is 10.2. The predicted molar refractivity (Wildman–Crippen MR) is 70.1 cm³/mol. The van der Waals surface area contributed by atoms with Crippen LogP contribution in [0.4, 0.5) is 31.8 Å². The first kappa shape index (κ1) is 13.7. The fourth-order valence-electron chi connectivity index (χ4n) is 1.56. The quantitative estimate of drug-likeness (QED) is 0.664. The minimum atomic E-state index is -1.13. The summed E-state index contributed by atoms with van der Waals surface area (Å²) in [7, 11) is 1.58. The minimum Gasteiger partial charge on any atom is -0.373 e. The molecule has 1 aromatic heterocycles. The number of nitrogens with zero attached hydrogens (tertiary/aromatic N) is 2. The Bertz CT molecular complexity index is 664. The maximum absolute atomic E-state index is 13.6. The summed E-state index contributed by atoms with van der Waals surface area (Å²) >= 11 is 0. The zero-order chi connectivity index (χ0) is 14.7. The van der Waals surface area contributed by atoms with E-state index in [1.54, 1.807) is 7.05 Å². The molecule has 1 aromatic carbocycles. The van der Waals surface area contributed by atoms with Crippen molar-refractivity contribution in [2.45, 2.75) is 0 Å². The second-order valence-electron chi connectivity index (χ2n) is 3.80. The minimum absolute atomic E-state index is 0.175. The first-order valence-electron chi connectivity index (χ1n) is 5.57. The molecule has 104 valence electrons. The maximum atomic E-state index is 13.6. The van der Waals surface area contributed by atoms with Gasteiger partial charge < -0.3 is 10.6 Å². The molecule has 0 amide bonds. The molecule has 0 aliphatic rings. The molecule has 2 N–H and O–H groups in total.